The van der Waals surface area contributed by atoms with Crippen LogP contribution in [0.2, 0.25) is 0 Å². The summed E-state index contributed by atoms with van der Waals surface area (Å²) in [6, 6.07) is 4.19. The molecule has 1 aromatic rings. The van der Waals surface area contributed by atoms with Crippen LogP contribution in [0, 0.1) is 0 Å². The van der Waals surface area contributed by atoms with E-state index < -0.39 is 30.8 Å². The first-order chi connectivity index (χ1) is 12.8. The number of primary amides is 1. The zero-order valence-corrected chi connectivity index (χ0v) is 15.2. The van der Waals surface area contributed by atoms with Crippen LogP contribution in [0.3, 0.4) is 0 Å². The summed E-state index contributed by atoms with van der Waals surface area (Å²) in [4.78, 5) is 35.6. The molecule has 2 unspecified atom stereocenters. The second kappa shape index (κ2) is 9.08. The number of likely N-dealkylation sites (N-methyl/N-ethyl adjacent to an activating group) is 1. The Hall–Kier alpha value is -3.01. The van der Waals surface area contributed by atoms with Crippen LogP contribution in [0.5, 0.6) is 11.5 Å². The molecule has 0 saturated heterocycles. The molecule has 0 aromatic heterocycles. The van der Waals surface area contributed by atoms with Gasteiger partial charge in [-0.2, -0.15) is 0 Å². The Morgan fingerprint density at radius 3 is 2.63 bits per heavy atom. The summed E-state index contributed by atoms with van der Waals surface area (Å²) >= 11 is 0. The summed E-state index contributed by atoms with van der Waals surface area (Å²) in [5.41, 5.74) is 11.3. The maximum atomic E-state index is 12.1. The average Bonchev–Trinajstić information content (AvgIpc) is 3.07. The van der Waals surface area contributed by atoms with Crippen LogP contribution in [0.25, 0.3) is 0 Å². The van der Waals surface area contributed by atoms with Gasteiger partial charge in [0.25, 0.3) is 0 Å². The number of amides is 2. The van der Waals surface area contributed by atoms with E-state index in [-0.39, 0.29) is 19.3 Å². The van der Waals surface area contributed by atoms with Crippen LogP contribution < -0.4 is 20.9 Å². The van der Waals surface area contributed by atoms with E-state index >= 15 is 0 Å². The largest absolute Gasteiger partial charge is 0.454 e. The van der Waals surface area contributed by atoms with Gasteiger partial charge in [-0.25, -0.2) is 4.79 Å². The molecule has 2 rings (SSSR count). The highest BCUT2D eigenvalue weighted by Crippen LogP contribution is 2.32. The van der Waals surface area contributed by atoms with Crippen molar-refractivity contribution >= 4 is 18.0 Å². The van der Waals surface area contributed by atoms with Gasteiger partial charge in [0.1, 0.15) is 6.04 Å². The van der Waals surface area contributed by atoms with E-state index in [0.29, 0.717) is 17.9 Å². The second-order valence-electron chi connectivity index (χ2n) is 6.12. The van der Waals surface area contributed by atoms with E-state index in [1.165, 1.54) is 4.90 Å². The van der Waals surface area contributed by atoms with E-state index in [4.69, 9.17) is 30.4 Å². The molecule has 0 saturated carbocycles. The quantitative estimate of drug-likeness (QED) is 0.477. The molecule has 0 aliphatic carbocycles. The fraction of sp³-hybridized carbons (Fsp3) is 0.471. The van der Waals surface area contributed by atoms with Crippen LogP contribution in [0.1, 0.15) is 18.9 Å². The first-order valence-corrected chi connectivity index (χ1v) is 8.26. The molecule has 10 nitrogen and oxygen atoms in total. The molecule has 4 N–H and O–H groups in total. The van der Waals surface area contributed by atoms with Crippen molar-refractivity contribution < 1.29 is 33.3 Å². The minimum atomic E-state index is -1.19. The van der Waals surface area contributed by atoms with Gasteiger partial charge in [-0.3, -0.25) is 9.59 Å². The number of hydrogen-bond donors (Lipinski definition) is 2. The summed E-state index contributed by atoms with van der Waals surface area (Å²) < 4.78 is 20.2. The molecule has 1 aromatic carbocycles. The van der Waals surface area contributed by atoms with Crippen molar-refractivity contribution in [3.05, 3.63) is 23.8 Å². The third kappa shape index (κ3) is 5.74. The lowest BCUT2D eigenvalue weighted by atomic mass is 10.1. The highest BCUT2D eigenvalue weighted by molar-refractivity contribution is 5.84. The van der Waals surface area contributed by atoms with Gasteiger partial charge in [-0.1, -0.05) is 6.07 Å². The minimum absolute atomic E-state index is 0.189. The van der Waals surface area contributed by atoms with Gasteiger partial charge in [0.2, 0.25) is 19.5 Å². The Bertz CT molecular complexity index is 710. The van der Waals surface area contributed by atoms with Crippen LogP contribution in [0.15, 0.2) is 18.2 Å². The number of fused-ring (bicyclic) bond motifs is 1. The number of esters is 1. The topological polar surface area (TPSA) is 143 Å². The standard InChI is InChI=1S/C17H23N3O7/c1-10(5-11-3-4-13-14(6-11)25-8-24-13)20(2)17(23)27-9-26-16(22)12(18)7-15(19)21/h3-4,6,10,12H,5,7-9,18H2,1-2H3,(H2,19,21). The normalized spacial score (nSPS) is 14.2. The third-order valence-corrected chi connectivity index (χ3v) is 4.02. The number of nitrogens with two attached hydrogens (primary N) is 2. The Balaban J connectivity index is 1.77. The molecule has 0 fully saturated rings. The molecule has 10 heteroatoms. The number of benzene rings is 1. The lowest BCUT2D eigenvalue weighted by Gasteiger charge is -2.24. The summed E-state index contributed by atoms with van der Waals surface area (Å²) in [5.74, 6) is -0.245. The van der Waals surface area contributed by atoms with E-state index in [1.807, 2.05) is 25.1 Å². The first kappa shape index (κ1) is 20.3. The fourth-order valence-electron chi connectivity index (χ4n) is 2.37. The summed E-state index contributed by atoms with van der Waals surface area (Å²) in [6.45, 7) is 1.44. The van der Waals surface area contributed by atoms with Crippen molar-refractivity contribution in [3.8, 4) is 11.5 Å². The zero-order chi connectivity index (χ0) is 20.0. The summed E-state index contributed by atoms with van der Waals surface area (Å²) in [5, 5.41) is 0. The van der Waals surface area contributed by atoms with Gasteiger partial charge < -0.3 is 35.3 Å². The fourth-order valence-corrected chi connectivity index (χ4v) is 2.37. The number of nitrogens with zero attached hydrogens (tertiary/aromatic N) is 1. The van der Waals surface area contributed by atoms with Crippen molar-refractivity contribution in [1.29, 1.82) is 0 Å². The lowest BCUT2D eigenvalue weighted by Crippen LogP contribution is -2.39. The van der Waals surface area contributed by atoms with Crippen molar-refractivity contribution in [3.63, 3.8) is 0 Å². The third-order valence-electron chi connectivity index (χ3n) is 4.02. The number of ether oxygens (including phenoxy) is 4. The summed E-state index contributed by atoms with van der Waals surface area (Å²) in [6.07, 6.45) is -0.454. The molecule has 1 heterocycles. The molecule has 2 amide bonds. The highest BCUT2D eigenvalue weighted by Gasteiger charge is 2.21. The van der Waals surface area contributed by atoms with Gasteiger partial charge in [0.05, 0.1) is 6.42 Å². The van der Waals surface area contributed by atoms with E-state index in [0.717, 1.165) is 5.56 Å². The number of hydrogen-bond acceptors (Lipinski definition) is 8. The molecule has 0 spiro atoms. The molecule has 27 heavy (non-hydrogen) atoms. The van der Waals surface area contributed by atoms with Crippen molar-refractivity contribution in [2.45, 2.75) is 31.8 Å². The SMILES string of the molecule is CC(Cc1ccc2c(c1)OCO2)N(C)C(=O)OCOC(=O)C(N)CC(N)=O. The van der Waals surface area contributed by atoms with E-state index in [1.54, 1.807) is 7.05 Å². The van der Waals surface area contributed by atoms with E-state index in [2.05, 4.69) is 0 Å². The monoisotopic (exact) mass is 381 g/mol. The first-order valence-electron chi connectivity index (χ1n) is 8.26. The minimum Gasteiger partial charge on any atom is -0.454 e. The summed E-state index contributed by atoms with van der Waals surface area (Å²) in [7, 11) is 1.57. The smallest absolute Gasteiger partial charge is 0.412 e. The molecule has 0 radical (unpaired) electrons. The Kier molecular flexibility index (Phi) is 6.83. The number of carbonyl (C=O) groups is 3. The number of rotatable bonds is 8. The van der Waals surface area contributed by atoms with Crippen molar-refractivity contribution in [2.75, 3.05) is 20.6 Å². The molecule has 1 aliphatic heterocycles. The highest BCUT2D eigenvalue weighted by atomic mass is 16.7. The maximum absolute atomic E-state index is 12.1. The Morgan fingerprint density at radius 2 is 1.93 bits per heavy atom. The zero-order valence-electron chi connectivity index (χ0n) is 15.2. The van der Waals surface area contributed by atoms with Gasteiger partial charge in [-0.15, -0.1) is 0 Å². The number of carbonyl (C=O) groups excluding carboxylic acids is 3. The Labute approximate surface area is 156 Å². The van der Waals surface area contributed by atoms with Gasteiger partial charge in [-0.05, 0) is 31.0 Å². The van der Waals surface area contributed by atoms with Gasteiger partial charge in [0.15, 0.2) is 11.5 Å². The second-order valence-corrected chi connectivity index (χ2v) is 6.12. The molecule has 148 valence electrons. The van der Waals surface area contributed by atoms with Crippen LogP contribution >= 0.6 is 0 Å². The van der Waals surface area contributed by atoms with Crippen LogP contribution in [0.4, 0.5) is 4.79 Å². The van der Waals surface area contributed by atoms with Crippen LogP contribution in [-0.4, -0.2) is 55.6 Å². The average molecular weight is 381 g/mol. The van der Waals surface area contributed by atoms with Crippen molar-refractivity contribution in [2.24, 2.45) is 11.5 Å². The molecule has 0 bridgehead atoms. The molecular weight excluding hydrogens is 358 g/mol. The predicted octanol–water partition coefficient (Wildman–Crippen LogP) is 0.118. The molecular formula is C17H23N3O7. The van der Waals surface area contributed by atoms with Crippen LogP contribution in [-0.2, 0) is 25.5 Å². The molecule has 1 aliphatic rings. The Morgan fingerprint density at radius 1 is 1.22 bits per heavy atom. The van der Waals surface area contributed by atoms with Crippen molar-refractivity contribution in [1.82, 2.24) is 4.90 Å². The lowest BCUT2D eigenvalue weighted by molar-refractivity contribution is -0.155. The maximum Gasteiger partial charge on any atom is 0.412 e. The van der Waals surface area contributed by atoms with Gasteiger partial charge in [0, 0.05) is 13.1 Å². The molecule has 2 atom stereocenters. The predicted molar refractivity (Wildman–Crippen MR) is 92.7 cm³/mol. The van der Waals surface area contributed by atoms with E-state index in [9.17, 15) is 14.4 Å². The van der Waals surface area contributed by atoms with Gasteiger partial charge >= 0.3 is 12.1 Å².